The van der Waals surface area contributed by atoms with E-state index >= 15 is 0 Å². The fourth-order valence-electron chi connectivity index (χ4n) is 4.88. The Hall–Kier alpha value is -0.0400. The molecule has 0 atom stereocenters. The smallest absolute Gasteiger partial charge is 0.0788 e. The SMILES string of the molecule is CCCCCCCCCCCCCCCCCCC[N+]1(CC)CCCC1. The topological polar surface area (TPSA) is 0 Å². The molecule has 26 heavy (non-hydrogen) atoms. The molecule has 0 N–H and O–H groups in total. The van der Waals surface area contributed by atoms with Gasteiger partial charge in [0.2, 0.25) is 0 Å². The zero-order valence-corrected chi connectivity index (χ0v) is 18.7. The van der Waals surface area contributed by atoms with Crippen LogP contribution in [0.1, 0.15) is 136 Å². The molecule has 0 aromatic heterocycles. The van der Waals surface area contributed by atoms with Crippen molar-refractivity contribution in [3.8, 4) is 0 Å². The summed E-state index contributed by atoms with van der Waals surface area (Å²) in [5.74, 6) is 0. The van der Waals surface area contributed by atoms with Crippen LogP contribution in [0.15, 0.2) is 0 Å². The lowest BCUT2D eigenvalue weighted by molar-refractivity contribution is -0.915. The molecule has 1 aliphatic heterocycles. The second-order valence-corrected chi connectivity index (χ2v) is 9.19. The van der Waals surface area contributed by atoms with Gasteiger partial charge in [0.25, 0.3) is 0 Å². The zero-order valence-electron chi connectivity index (χ0n) is 18.7. The number of quaternary nitrogens is 1. The molecule has 1 nitrogen and oxygen atoms in total. The molecule has 0 amide bonds. The monoisotopic (exact) mass is 366 g/mol. The fourth-order valence-corrected chi connectivity index (χ4v) is 4.88. The normalized spacial score (nSPS) is 16.4. The van der Waals surface area contributed by atoms with Crippen molar-refractivity contribution in [3.63, 3.8) is 0 Å². The summed E-state index contributed by atoms with van der Waals surface area (Å²) in [5.41, 5.74) is 0. The Kier molecular flexibility index (Phi) is 15.8. The van der Waals surface area contributed by atoms with Crippen molar-refractivity contribution in [3.05, 3.63) is 0 Å². The van der Waals surface area contributed by atoms with E-state index in [9.17, 15) is 0 Å². The fraction of sp³-hybridized carbons (Fsp3) is 1.00. The molecule has 1 heterocycles. The summed E-state index contributed by atoms with van der Waals surface area (Å²) < 4.78 is 1.44. The predicted octanol–water partition coefficient (Wildman–Crippen LogP) is 8.27. The Labute approximate surface area is 166 Å². The van der Waals surface area contributed by atoms with Crippen LogP contribution in [-0.4, -0.2) is 30.7 Å². The third-order valence-electron chi connectivity index (χ3n) is 6.92. The third-order valence-corrected chi connectivity index (χ3v) is 6.92. The first-order chi connectivity index (χ1) is 12.8. The van der Waals surface area contributed by atoms with Crippen molar-refractivity contribution in [1.29, 1.82) is 0 Å². The van der Waals surface area contributed by atoms with Crippen LogP contribution in [0.5, 0.6) is 0 Å². The summed E-state index contributed by atoms with van der Waals surface area (Å²) >= 11 is 0. The summed E-state index contributed by atoms with van der Waals surface area (Å²) in [5, 5.41) is 0. The highest BCUT2D eigenvalue weighted by molar-refractivity contribution is 4.55. The van der Waals surface area contributed by atoms with Gasteiger partial charge < -0.3 is 4.48 Å². The number of hydrogen-bond acceptors (Lipinski definition) is 0. The van der Waals surface area contributed by atoms with E-state index in [4.69, 9.17) is 0 Å². The van der Waals surface area contributed by atoms with E-state index in [0.717, 1.165) is 0 Å². The minimum atomic E-state index is 1.37. The molecule has 0 aromatic carbocycles. The first-order valence-corrected chi connectivity index (χ1v) is 12.7. The summed E-state index contributed by atoms with van der Waals surface area (Å²) in [6.45, 7) is 10.5. The van der Waals surface area contributed by atoms with Crippen LogP contribution in [0.25, 0.3) is 0 Å². The van der Waals surface area contributed by atoms with Crippen LogP contribution < -0.4 is 0 Å². The molecule has 1 rings (SSSR count). The van der Waals surface area contributed by atoms with Crippen LogP contribution >= 0.6 is 0 Å². The van der Waals surface area contributed by atoms with E-state index in [1.54, 1.807) is 0 Å². The number of unbranched alkanes of at least 4 members (excludes halogenated alkanes) is 16. The number of hydrogen-bond donors (Lipinski definition) is 0. The van der Waals surface area contributed by atoms with Gasteiger partial charge in [0.15, 0.2) is 0 Å². The Morgan fingerprint density at radius 3 is 1.15 bits per heavy atom. The van der Waals surface area contributed by atoms with Crippen molar-refractivity contribution < 1.29 is 4.48 Å². The maximum absolute atomic E-state index is 2.40. The maximum Gasteiger partial charge on any atom is 0.0788 e. The average molecular weight is 367 g/mol. The molecule has 0 bridgehead atoms. The number of rotatable bonds is 19. The molecular formula is C25H52N+. The van der Waals surface area contributed by atoms with Crippen LogP contribution in [0, 0.1) is 0 Å². The Bertz CT molecular complexity index is 280. The number of nitrogens with zero attached hydrogens (tertiary/aromatic N) is 1. The van der Waals surface area contributed by atoms with Crippen molar-refractivity contribution in [2.75, 3.05) is 26.2 Å². The predicted molar refractivity (Wildman–Crippen MR) is 119 cm³/mol. The second-order valence-electron chi connectivity index (χ2n) is 9.19. The quantitative estimate of drug-likeness (QED) is 0.159. The van der Waals surface area contributed by atoms with E-state index < -0.39 is 0 Å². The van der Waals surface area contributed by atoms with Gasteiger partial charge in [0, 0.05) is 12.8 Å². The molecular weight excluding hydrogens is 314 g/mol. The Morgan fingerprint density at radius 1 is 0.462 bits per heavy atom. The zero-order chi connectivity index (χ0) is 18.8. The van der Waals surface area contributed by atoms with Gasteiger partial charge in [-0.3, -0.25) is 0 Å². The standard InChI is InChI=1S/C25H52N/c1-3-5-6-7-8-9-10-11-12-13-14-15-16-17-18-19-20-23-26(4-2)24-21-22-25-26/h3-25H2,1-2H3/q+1. The lowest BCUT2D eigenvalue weighted by Gasteiger charge is -2.33. The molecule has 0 radical (unpaired) electrons. The van der Waals surface area contributed by atoms with Crippen molar-refractivity contribution in [2.24, 2.45) is 0 Å². The van der Waals surface area contributed by atoms with Crippen molar-refractivity contribution in [1.82, 2.24) is 0 Å². The van der Waals surface area contributed by atoms with Crippen LogP contribution in [-0.2, 0) is 0 Å². The second kappa shape index (κ2) is 17.1. The summed E-state index contributed by atoms with van der Waals surface area (Å²) in [7, 11) is 0. The minimum absolute atomic E-state index is 1.37. The van der Waals surface area contributed by atoms with E-state index in [2.05, 4.69) is 13.8 Å². The lowest BCUT2D eigenvalue weighted by atomic mass is 10.0. The third kappa shape index (κ3) is 12.4. The molecule has 0 spiro atoms. The first-order valence-electron chi connectivity index (χ1n) is 12.7. The maximum atomic E-state index is 2.40. The van der Waals surface area contributed by atoms with Gasteiger partial charge in [-0.1, -0.05) is 103 Å². The summed E-state index contributed by atoms with van der Waals surface area (Å²) in [6, 6.07) is 0. The van der Waals surface area contributed by atoms with E-state index in [-0.39, 0.29) is 0 Å². The van der Waals surface area contributed by atoms with Crippen LogP contribution in [0.2, 0.25) is 0 Å². The highest BCUT2D eigenvalue weighted by Crippen LogP contribution is 2.21. The van der Waals surface area contributed by atoms with Gasteiger partial charge in [-0.2, -0.15) is 0 Å². The van der Waals surface area contributed by atoms with Gasteiger partial charge in [-0.15, -0.1) is 0 Å². The highest BCUT2D eigenvalue weighted by Gasteiger charge is 2.28. The van der Waals surface area contributed by atoms with Crippen molar-refractivity contribution in [2.45, 2.75) is 136 Å². The average Bonchev–Trinajstić information content (AvgIpc) is 3.13. The van der Waals surface area contributed by atoms with Gasteiger partial charge in [0.1, 0.15) is 0 Å². The Balaban J connectivity index is 1.72. The lowest BCUT2D eigenvalue weighted by Crippen LogP contribution is -2.45. The minimum Gasteiger partial charge on any atom is -0.324 e. The van der Waals surface area contributed by atoms with Crippen LogP contribution in [0.4, 0.5) is 0 Å². The Morgan fingerprint density at radius 2 is 0.808 bits per heavy atom. The molecule has 0 aliphatic carbocycles. The van der Waals surface area contributed by atoms with E-state index in [0.29, 0.717) is 0 Å². The van der Waals surface area contributed by atoms with Crippen molar-refractivity contribution >= 4 is 0 Å². The van der Waals surface area contributed by atoms with Gasteiger partial charge in [-0.25, -0.2) is 0 Å². The molecule has 0 unspecified atom stereocenters. The molecule has 0 aromatic rings. The van der Waals surface area contributed by atoms with Gasteiger partial charge in [0.05, 0.1) is 26.2 Å². The largest absolute Gasteiger partial charge is 0.324 e. The molecule has 1 saturated heterocycles. The first kappa shape index (κ1) is 24.0. The summed E-state index contributed by atoms with van der Waals surface area (Å²) in [4.78, 5) is 0. The molecule has 1 aliphatic rings. The van der Waals surface area contributed by atoms with E-state index in [1.165, 1.54) is 153 Å². The van der Waals surface area contributed by atoms with Crippen LogP contribution in [0.3, 0.4) is 0 Å². The van der Waals surface area contributed by atoms with E-state index in [1.807, 2.05) is 0 Å². The van der Waals surface area contributed by atoms with Gasteiger partial charge >= 0.3 is 0 Å². The van der Waals surface area contributed by atoms with Gasteiger partial charge in [-0.05, 0) is 19.8 Å². The molecule has 1 heteroatoms. The molecule has 1 fully saturated rings. The highest BCUT2D eigenvalue weighted by atomic mass is 15.4. The number of likely N-dealkylation sites (tertiary alicyclic amines) is 1. The molecule has 0 saturated carbocycles. The summed E-state index contributed by atoms with van der Waals surface area (Å²) in [6.07, 6.45) is 28.1. The molecule has 156 valence electrons.